The van der Waals surface area contributed by atoms with E-state index in [4.69, 9.17) is 4.74 Å². The predicted molar refractivity (Wildman–Crippen MR) is 94.0 cm³/mol. The number of nitrogens with one attached hydrogen (secondary N) is 2. The van der Waals surface area contributed by atoms with Crippen LogP contribution in [-0.2, 0) is 17.9 Å². The molecule has 6 nitrogen and oxygen atoms in total. The Morgan fingerprint density at radius 3 is 2.52 bits per heavy atom. The number of nitrogens with zero attached hydrogens (tertiary/aromatic N) is 3. The summed E-state index contributed by atoms with van der Waals surface area (Å²) in [5.41, 5.74) is 1.93. The van der Waals surface area contributed by atoms with Gasteiger partial charge in [0, 0.05) is 26.0 Å². The van der Waals surface area contributed by atoms with Crippen molar-refractivity contribution in [1.29, 1.82) is 0 Å². The second kappa shape index (κ2) is 8.16. The molecule has 2 aromatic heterocycles. The summed E-state index contributed by atoms with van der Waals surface area (Å²) in [5, 5.41) is 6.36. The smallest absolute Gasteiger partial charge is 0.150 e. The van der Waals surface area contributed by atoms with Crippen molar-refractivity contribution in [2.75, 3.05) is 17.7 Å². The molecule has 0 aliphatic heterocycles. The fraction of sp³-hybridized carbons (Fsp3) is 0.167. The maximum atomic E-state index is 13.0. The van der Waals surface area contributed by atoms with Gasteiger partial charge in [0.2, 0.25) is 0 Å². The number of halogens is 1. The van der Waals surface area contributed by atoms with E-state index in [-0.39, 0.29) is 5.82 Å². The van der Waals surface area contributed by atoms with Crippen LogP contribution in [0.15, 0.2) is 55.0 Å². The van der Waals surface area contributed by atoms with E-state index in [0.717, 1.165) is 11.1 Å². The zero-order chi connectivity index (χ0) is 17.5. The van der Waals surface area contributed by atoms with Crippen LogP contribution in [0.25, 0.3) is 0 Å². The summed E-state index contributed by atoms with van der Waals surface area (Å²) < 4.78 is 18.2. The van der Waals surface area contributed by atoms with Gasteiger partial charge in [-0.1, -0.05) is 12.1 Å². The van der Waals surface area contributed by atoms with E-state index in [1.807, 2.05) is 12.1 Å². The van der Waals surface area contributed by atoms with Gasteiger partial charge in [-0.15, -0.1) is 0 Å². The first-order valence-corrected chi connectivity index (χ1v) is 7.74. The highest BCUT2D eigenvalue weighted by atomic mass is 19.1. The van der Waals surface area contributed by atoms with Crippen LogP contribution in [0.5, 0.6) is 0 Å². The molecule has 128 valence electrons. The number of ether oxygens (including phenoxy) is 1. The largest absolute Gasteiger partial charge is 0.380 e. The van der Waals surface area contributed by atoms with E-state index in [1.165, 1.54) is 12.1 Å². The molecule has 3 aromatic rings. The number of hydrogen-bond acceptors (Lipinski definition) is 6. The SMILES string of the molecule is COCc1cc(NCc2ccc(F)cc2)nc(Nc2cnccn2)c1. The van der Waals surface area contributed by atoms with Crippen LogP contribution in [0.4, 0.5) is 21.8 Å². The number of benzene rings is 1. The van der Waals surface area contributed by atoms with Crippen LogP contribution in [-0.4, -0.2) is 22.1 Å². The minimum absolute atomic E-state index is 0.251. The van der Waals surface area contributed by atoms with E-state index < -0.39 is 0 Å². The standard InChI is InChI=1S/C18H18FN5O/c1-25-12-14-8-16(22-10-13-2-4-15(19)5-3-13)23-17(9-14)24-18-11-20-6-7-21-18/h2-9,11H,10,12H2,1H3,(H2,21,22,23,24). The molecule has 0 atom stereocenters. The Morgan fingerprint density at radius 1 is 1.00 bits per heavy atom. The molecule has 2 N–H and O–H groups in total. The van der Waals surface area contributed by atoms with Crippen LogP contribution in [0.1, 0.15) is 11.1 Å². The van der Waals surface area contributed by atoms with Crippen molar-refractivity contribution in [3.05, 3.63) is 71.9 Å². The zero-order valence-electron chi connectivity index (χ0n) is 13.7. The lowest BCUT2D eigenvalue weighted by molar-refractivity contribution is 0.185. The summed E-state index contributed by atoms with van der Waals surface area (Å²) in [6.07, 6.45) is 4.83. The van der Waals surface area contributed by atoms with Gasteiger partial charge in [0.05, 0.1) is 12.8 Å². The van der Waals surface area contributed by atoms with Crippen LogP contribution in [0, 0.1) is 5.82 Å². The molecule has 0 spiro atoms. The van der Waals surface area contributed by atoms with Gasteiger partial charge in [0.1, 0.15) is 23.3 Å². The van der Waals surface area contributed by atoms with Crippen molar-refractivity contribution in [3.63, 3.8) is 0 Å². The Labute approximate surface area is 145 Å². The highest BCUT2D eigenvalue weighted by Gasteiger charge is 2.05. The summed E-state index contributed by atoms with van der Waals surface area (Å²) in [5.74, 6) is 1.68. The summed E-state index contributed by atoms with van der Waals surface area (Å²) in [7, 11) is 1.64. The van der Waals surface area contributed by atoms with Crippen LogP contribution >= 0.6 is 0 Å². The summed E-state index contributed by atoms with van der Waals surface area (Å²) in [6, 6.07) is 10.1. The fourth-order valence-corrected chi connectivity index (χ4v) is 2.28. The third-order valence-corrected chi connectivity index (χ3v) is 3.40. The number of aromatic nitrogens is 3. The number of rotatable bonds is 7. The second-order valence-corrected chi connectivity index (χ2v) is 5.37. The molecule has 0 bridgehead atoms. The van der Waals surface area contributed by atoms with E-state index in [2.05, 4.69) is 25.6 Å². The average Bonchev–Trinajstić information content (AvgIpc) is 2.62. The zero-order valence-corrected chi connectivity index (χ0v) is 13.7. The normalized spacial score (nSPS) is 10.5. The van der Waals surface area contributed by atoms with Gasteiger partial charge in [-0.3, -0.25) is 4.98 Å². The number of pyridine rings is 1. The van der Waals surface area contributed by atoms with Gasteiger partial charge < -0.3 is 15.4 Å². The lowest BCUT2D eigenvalue weighted by Gasteiger charge is -2.11. The summed E-state index contributed by atoms with van der Waals surface area (Å²) in [6.45, 7) is 0.997. The maximum Gasteiger partial charge on any atom is 0.150 e. The van der Waals surface area contributed by atoms with Gasteiger partial charge in [-0.2, -0.15) is 0 Å². The molecule has 0 aliphatic carbocycles. The number of anilines is 3. The minimum Gasteiger partial charge on any atom is -0.380 e. The first-order valence-electron chi connectivity index (χ1n) is 7.74. The molecular weight excluding hydrogens is 321 g/mol. The molecule has 1 aromatic carbocycles. The molecule has 3 rings (SSSR count). The lowest BCUT2D eigenvalue weighted by Crippen LogP contribution is -2.05. The summed E-state index contributed by atoms with van der Waals surface area (Å²) in [4.78, 5) is 12.7. The van der Waals surface area contributed by atoms with E-state index in [1.54, 1.807) is 37.8 Å². The molecule has 0 amide bonds. The molecule has 0 fully saturated rings. The lowest BCUT2D eigenvalue weighted by atomic mass is 10.2. The quantitative estimate of drug-likeness (QED) is 0.686. The molecule has 2 heterocycles. The van der Waals surface area contributed by atoms with Crippen molar-refractivity contribution in [2.24, 2.45) is 0 Å². The van der Waals surface area contributed by atoms with Crippen molar-refractivity contribution in [3.8, 4) is 0 Å². The Hall–Kier alpha value is -3.06. The molecule has 0 saturated heterocycles. The fourth-order valence-electron chi connectivity index (χ4n) is 2.28. The average molecular weight is 339 g/mol. The van der Waals surface area contributed by atoms with Crippen LogP contribution < -0.4 is 10.6 Å². The van der Waals surface area contributed by atoms with E-state index in [0.29, 0.717) is 30.6 Å². The Morgan fingerprint density at radius 2 is 1.80 bits per heavy atom. The molecule has 25 heavy (non-hydrogen) atoms. The first-order chi connectivity index (χ1) is 12.2. The van der Waals surface area contributed by atoms with Crippen molar-refractivity contribution in [1.82, 2.24) is 15.0 Å². The topological polar surface area (TPSA) is 72.0 Å². The highest BCUT2D eigenvalue weighted by Crippen LogP contribution is 2.19. The molecule has 0 radical (unpaired) electrons. The second-order valence-electron chi connectivity index (χ2n) is 5.37. The molecule has 0 saturated carbocycles. The van der Waals surface area contributed by atoms with E-state index in [9.17, 15) is 4.39 Å². The van der Waals surface area contributed by atoms with Crippen molar-refractivity contribution < 1.29 is 9.13 Å². The Balaban J connectivity index is 1.76. The maximum absolute atomic E-state index is 13.0. The first kappa shape index (κ1) is 16.8. The Bertz CT molecular complexity index is 811. The van der Waals surface area contributed by atoms with Gasteiger partial charge in [0.15, 0.2) is 0 Å². The minimum atomic E-state index is -0.251. The van der Waals surface area contributed by atoms with E-state index >= 15 is 0 Å². The predicted octanol–water partition coefficient (Wildman–Crippen LogP) is 3.51. The van der Waals surface area contributed by atoms with Crippen molar-refractivity contribution in [2.45, 2.75) is 13.2 Å². The number of hydrogen-bond donors (Lipinski definition) is 2. The van der Waals surface area contributed by atoms with Gasteiger partial charge in [-0.05, 0) is 35.4 Å². The third-order valence-electron chi connectivity index (χ3n) is 3.40. The van der Waals surface area contributed by atoms with Crippen LogP contribution in [0.3, 0.4) is 0 Å². The molecule has 7 heteroatoms. The number of methoxy groups -OCH3 is 1. The molecular formula is C18H18FN5O. The van der Waals surface area contributed by atoms with Crippen LogP contribution in [0.2, 0.25) is 0 Å². The highest BCUT2D eigenvalue weighted by molar-refractivity contribution is 5.55. The van der Waals surface area contributed by atoms with Gasteiger partial charge >= 0.3 is 0 Å². The Kier molecular flexibility index (Phi) is 5.48. The van der Waals surface area contributed by atoms with Crippen molar-refractivity contribution >= 4 is 17.5 Å². The van der Waals surface area contributed by atoms with Gasteiger partial charge in [-0.25, -0.2) is 14.4 Å². The van der Waals surface area contributed by atoms with Gasteiger partial charge in [0.25, 0.3) is 0 Å². The third kappa shape index (κ3) is 4.95. The molecule has 0 aliphatic rings. The molecule has 0 unspecified atom stereocenters. The summed E-state index contributed by atoms with van der Waals surface area (Å²) >= 11 is 0. The monoisotopic (exact) mass is 339 g/mol.